The Hall–Kier alpha value is -2.09. The van der Waals surface area contributed by atoms with Crippen molar-refractivity contribution in [2.45, 2.75) is 70.5 Å². The summed E-state index contributed by atoms with van der Waals surface area (Å²) in [6.07, 6.45) is -0.636. The molecule has 3 rings (SSSR count). The fourth-order valence-electron chi connectivity index (χ4n) is 4.46. The molecule has 0 saturated heterocycles. The van der Waals surface area contributed by atoms with Crippen LogP contribution < -0.4 is 0 Å². The molecule has 1 unspecified atom stereocenters. The third kappa shape index (κ3) is 5.27. The smallest absolute Gasteiger partial charge is 0.309 e. The quantitative estimate of drug-likeness (QED) is 0.297. The summed E-state index contributed by atoms with van der Waals surface area (Å²) in [6.45, 7) is 3.11. The van der Waals surface area contributed by atoms with Gasteiger partial charge in [-0.15, -0.1) is 0 Å². The van der Waals surface area contributed by atoms with E-state index in [0.29, 0.717) is 23.6 Å². The third-order valence-corrected chi connectivity index (χ3v) is 6.17. The molecule has 1 fully saturated rings. The normalized spacial score (nSPS) is 20.4. The van der Waals surface area contributed by atoms with Gasteiger partial charge in [-0.05, 0) is 79.8 Å². The molecule has 2 aromatic carbocycles. The molecule has 1 aliphatic carbocycles. The first-order valence-corrected chi connectivity index (χ1v) is 10.7. The Balaban J connectivity index is 1.79. The van der Waals surface area contributed by atoms with Crippen LogP contribution in [0, 0.1) is 35.0 Å². The number of ether oxygens (including phenoxy) is 1. The monoisotopic (exact) mass is 462 g/mol. The molecule has 176 valence electrons. The van der Waals surface area contributed by atoms with Gasteiger partial charge in [-0.3, -0.25) is 0 Å². The summed E-state index contributed by atoms with van der Waals surface area (Å²) in [7, 11) is 0. The van der Waals surface area contributed by atoms with E-state index in [4.69, 9.17) is 0 Å². The van der Waals surface area contributed by atoms with E-state index >= 15 is 0 Å². The fraction of sp³-hybridized carbons (Fsp3) is 0.500. The Kier molecular flexibility index (Phi) is 7.53. The Morgan fingerprint density at radius 3 is 1.91 bits per heavy atom. The Labute approximate surface area is 182 Å². The Morgan fingerprint density at radius 1 is 0.875 bits per heavy atom. The molecule has 1 aliphatic rings. The molecule has 0 bridgehead atoms. The zero-order valence-electron chi connectivity index (χ0n) is 17.8. The maximum absolute atomic E-state index is 14.6. The van der Waals surface area contributed by atoms with Crippen molar-refractivity contribution in [3.05, 3.63) is 70.0 Å². The van der Waals surface area contributed by atoms with E-state index in [2.05, 4.69) is 11.7 Å². The molecule has 0 aliphatic heterocycles. The van der Waals surface area contributed by atoms with Crippen molar-refractivity contribution >= 4 is 0 Å². The van der Waals surface area contributed by atoms with Gasteiger partial charge in [0.15, 0.2) is 17.5 Å². The van der Waals surface area contributed by atoms with Gasteiger partial charge in [0.25, 0.3) is 0 Å². The highest BCUT2D eigenvalue weighted by molar-refractivity contribution is 5.31. The van der Waals surface area contributed by atoms with Crippen LogP contribution in [-0.2, 0) is 10.8 Å². The molecular formula is C24H25F7O. The molecular weight excluding hydrogens is 437 g/mol. The lowest BCUT2D eigenvalue weighted by molar-refractivity contribution is -0.275. The first kappa shape index (κ1) is 24.6. The van der Waals surface area contributed by atoms with Crippen LogP contribution >= 0.6 is 0 Å². The van der Waals surface area contributed by atoms with Gasteiger partial charge >= 0.3 is 6.11 Å². The van der Waals surface area contributed by atoms with Crippen molar-refractivity contribution in [2.75, 3.05) is 0 Å². The van der Waals surface area contributed by atoms with Crippen molar-refractivity contribution < 1.29 is 35.5 Å². The van der Waals surface area contributed by atoms with Crippen LogP contribution in [0.2, 0.25) is 0 Å². The summed E-state index contributed by atoms with van der Waals surface area (Å²) in [6, 6.07) is 2.79. The van der Waals surface area contributed by atoms with Crippen molar-refractivity contribution in [3.8, 4) is 0 Å². The maximum atomic E-state index is 14.6. The largest absolute Gasteiger partial charge is 0.389 e. The van der Waals surface area contributed by atoms with Gasteiger partial charge in [-0.1, -0.05) is 19.8 Å². The number of halogens is 7. The van der Waals surface area contributed by atoms with Crippen LogP contribution in [-0.4, -0.2) is 0 Å². The summed E-state index contributed by atoms with van der Waals surface area (Å²) in [4.78, 5) is 0. The number of benzene rings is 2. The topological polar surface area (TPSA) is 9.23 Å². The minimum absolute atomic E-state index is 0.111. The van der Waals surface area contributed by atoms with Crippen LogP contribution in [0.15, 0.2) is 24.3 Å². The lowest BCUT2D eigenvalue weighted by atomic mass is 9.77. The second kappa shape index (κ2) is 9.81. The van der Waals surface area contributed by atoms with Gasteiger partial charge in [-0.25, -0.2) is 22.0 Å². The number of rotatable bonds is 7. The minimum Gasteiger partial charge on any atom is -0.309 e. The van der Waals surface area contributed by atoms with Crippen LogP contribution in [0.4, 0.5) is 30.7 Å². The highest BCUT2D eigenvalue weighted by atomic mass is 19.3. The Bertz CT molecular complexity index is 905. The van der Waals surface area contributed by atoms with Crippen LogP contribution in [0.5, 0.6) is 0 Å². The number of hydrogen-bond acceptors (Lipinski definition) is 1. The SMILES string of the molecule is CCCC1CCC(c2cc(F)c(C(F)(F)OC(C)c3cc(F)c(F)c(F)c3)c(F)c2)CC1. The molecule has 2 aromatic rings. The van der Waals surface area contributed by atoms with Crippen molar-refractivity contribution in [2.24, 2.45) is 5.92 Å². The highest BCUT2D eigenvalue weighted by Crippen LogP contribution is 2.42. The summed E-state index contributed by atoms with van der Waals surface area (Å²) in [5.74, 6) is -7.38. The molecule has 1 atom stereocenters. The van der Waals surface area contributed by atoms with Gasteiger partial charge in [0.05, 0.1) is 6.10 Å². The van der Waals surface area contributed by atoms with Gasteiger partial charge in [0.1, 0.15) is 17.2 Å². The molecule has 0 radical (unpaired) electrons. The van der Waals surface area contributed by atoms with Crippen molar-refractivity contribution in [3.63, 3.8) is 0 Å². The average Bonchev–Trinajstić information content (AvgIpc) is 2.71. The number of alkyl halides is 2. The molecule has 32 heavy (non-hydrogen) atoms. The first-order valence-electron chi connectivity index (χ1n) is 10.7. The van der Waals surface area contributed by atoms with E-state index in [1.54, 1.807) is 0 Å². The fourth-order valence-corrected chi connectivity index (χ4v) is 4.46. The third-order valence-electron chi connectivity index (χ3n) is 6.17. The van der Waals surface area contributed by atoms with Crippen molar-refractivity contribution in [1.29, 1.82) is 0 Å². The predicted molar refractivity (Wildman–Crippen MR) is 106 cm³/mol. The van der Waals surface area contributed by atoms with Gasteiger partial charge in [0, 0.05) is 0 Å². The predicted octanol–water partition coefficient (Wildman–Crippen LogP) is 8.28. The van der Waals surface area contributed by atoms with Gasteiger partial charge in [0.2, 0.25) is 0 Å². The molecule has 0 spiro atoms. The van der Waals surface area contributed by atoms with E-state index in [1.807, 2.05) is 0 Å². The van der Waals surface area contributed by atoms with Crippen molar-refractivity contribution in [1.82, 2.24) is 0 Å². The average molecular weight is 462 g/mol. The summed E-state index contributed by atoms with van der Waals surface area (Å²) >= 11 is 0. The number of hydrogen-bond donors (Lipinski definition) is 0. The summed E-state index contributed by atoms with van der Waals surface area (Å²) < 4.78 is 103. The van der Waals surface area contributed by atoms with Crippen LogP contribution in [0.1, 0.15) is 81.1 Å². The lowest BCUT2D eigenvalue weighted by Crippen LogP contribution is -2.24. The maximum Gasteiger partial charge on any atom is 0.389 e. The van der Waals surface area contributed by atoms with E-state index in [1.165, 1.54) is 0 Å². The standard InChI is InChI=1S/C24H25F7O/c1-3-4-14-5-7-15(8-6-14)17-11-18(25)22(19(26)12-17)24(30,31)32-13(2)16-9-20(27)23(29)21(28)10-16/h9-15H,3-8H2,1-2H3. The second-order valence-corrected chi connectivity index (χ2v) is 8.44. The van der Waals surface area contributed by atoms with E-state index in [0.717, 1.165) is 57.6 Å². The summed E-state index contributed by atoms with van der Waals surface area (Å²) in [5.41, 5.74) is -1.69. The Morgan fingerprint density at radius 2 is 1.41 bits per heavy atom. The van der Waals surface area contributed by atoms with E-state index in [-0.39, 0.29) is 5.92 Å². The first-order chi connectivity index (χ1) is 15.0. The highest BCUT2D eigenvalue weighted by Gasteiger charge is 2.42. The molecule has 0 heterocycles. The minimum atomic E-state index is -4.42. The molecule has 0 aromatic heterocycles. The molecule has 1 saturated carbocycles. The zero-order valence-corrected chi connectivity index (χ0v) is 17.8. The summed E-state index contributed by atoms with van der Waals surface area (Å²) in [5, 5.41) is 0. The van der Waals surface area contributed by atoms with Crippen LogP contribution in [0.25, 0.3) is 0 Å². The molecule has 0 amide bonds. The molecule has 8 heteroatoms. The second-order valence-electron chi connectivity index (χ2n) is 8.44. The molecule has 0 N–H and O–H groups in total. The van der Waals surface area contributed by atoms with E-state index < -0.39 is 52.4 Å². The zero-order chi connectivity index (χ0) is 23.6. The van der Waals surface area contributed by atoms with Crippen LogP contribution in [0.3, 0.4) is 0 Å². The molecule has 1 nitrogen and oxygen atoms in total. The van der Waals surface area contributed by atoms with Gasteiger partial charge < -0.3 is 4.74 Å². The van der Waals surface area contributed by atoms with E-state index in [9.17, 15) is 30.7 Å². The lowest BCUT2D eigenvalue weighted by Gasteiger charge is -2.29. The van der Waals surface area contributed by atoms with Gasteiger partial charge in [-0.2, -0.15) is 8.78 Å².